The van der Waals surface area contributed by atoms with Crippen molar-refractivity contribution in [2.45, 2.75) is 58.2 Å². The van der Waals surface area contributed by atoms with Gasteiger partial charge in [0.15, 0.2) is 5.16 Å². The first-order valence-corrected chi connectivity index (χ1v) is 9.53. The number of rotatable bonds is 7. The van der Waals surface area contributed by atoms with Crippen molar-refractivity contribution in [3.63, 3.8) is 0 Å². The van der Waals surface area contributed by atoms with Crippen LogP contribution in [0.3, 0.4) is 0 Å². The van der Waals surface area contributed by atoms with E-state index in [-0.39, 0.29) is 18.2 Å². The standard InChI is InChI=1S/C16H24N2O2S2/c1-10(2)18-15(20)13-11(3)12(4)22-14(13)17-16(18)21-9-7-5-6-8-19/h10,19H,5-9H2,1-4H3. The number of nitrogens with zero attached hydrogens (tertiary/aromatic N) is 2. The van der Waals surface area contributed by atoms with Gasteiger partial charge in [-0.25, -0.2) is 4.98 Å². The lowest BCUT2D eigenvalue weighted by Gasteiger charge is -2.15. The molecule has 2 aromatic heterocycles. The van der Waals surface area contributed by atoms with E-state index in [1.165, 1.54) is 4.88 Å². The minimum absolute atomic E-state index is 0.0831. The van der Waals surface area contributed by atoms with E-state index >= 15 is 0 Å². The Labute approximate surface area is 139 Å². The first-order chi connectivity index (χ1) is 10.5. The zero-order chi connectivity index (χ0) is 16.3. The number of aryl methyl sites for hydroxylation is 2. The number of hydrogen-bond acceptors (Lipinski definition) is 5. The van der Waals surface area contributed by atoms with Crippen LogP contribution < -0.4 is 5.56 Å². The summed E-state index contributed by atoms with van der Waals surface area (Å²) in [5.74, 6) is 0.925. The molecule has 0 radical (unpaired) electrons. The Morgan fingerprint density at radius 2 is 2.00 bits per heavy atom. The van der Waals surface area contributed by atoms with Crippen LogP contribution in [0.5, 0.6) is 0 Å². The van der Waals surface area contributed by atoms with Crippen LogP contribution in [0, 0.1) is 13.8 Å². The van der Waals surface area contributed by atoms with E-state index in [0.717, 1.165) is 46.0 Å². The quantitative estimate of drug-likeness (QED) is 0.472. The highest BCUT2D eigenvalue weighted by Crippen LogP contribution is 2.29. The van der Waals surface area contributed by atoms with Gasteiger partial charge in [0.1, 0.15) is 4.83 Å². The van der Waals surface area contributed by atoms with Crippen molar-refractivity contribution in [2.75, 3.05) is 12.4 Å². The van der Waals surface area contributed by atoms with Crippen molar-refractivity contribution in [2.24, 2.45) is 0 Å². The maximum atomic E-state index is 12.8. The van der Waals surface area contributed by atoms with E-state index in [0.29, 0.717) is 0 Å². The van der Waals surface area contributed by atoms with E-state index < -0.39 is 0 Å². The van der Waals surface area contributed by atoms with E-state index in [2.05, 4.69) is 0 Å². The van der Waals surface area contributed by atoms with Crippen LogP contribution in [0.2, 0.25) is 0 Å². The number of hydrogen-bond donors (Lipinski definition) is 1. The third kappa shape index (κ3) is 3.55. The molecular formula is C16H24N2O2S2. The molecule has 0 saturated carbocycles. The van der Waals surface area contributed by atoms with E-state index in [9.17, 15) is 4.79 Å². The fourth-order valence-electron chi connectivity index (χ4n) is 2.40. The SMILES string of the molecule is Cc1sc2nc(SCCCCCO)n(C(C)C)c(=O)c2c1C. The lowest BCUT2D eigenvalue weighted by molar-refractivity contribution is 0.284. The molecule has 0 aliphatic rings. The van der Waals surface area contributed by atoms with Crippen LogP contribution in [0.25, 0.3) is 10.2 Å². The summed E-state index contributed by atoms with van der Waals surface area (Å²) in [5, 5.41) is 10.4. The van der Waals surface area contributed by atoms with Crippen LogP contribution in [0.15, 0.2) is 9.95 Å². The number of aliphatic hydroxyl groups excluding tert-OH is 1. The molecule has 2 heterocycles. The predicted molar refractivity (Wildman–Crippen MR) is 95.4 cm³/mol. The Morgan fingerprint density at radius 3 is 2.64 bits per heavy atom. The zero-order valence-electron chi connectivity index (χ0n) is 13.7. The molecule has 0 fully saturated rings. The summed E-state index contributed by atoms with van der Waals surface area (Å²) in [4.78, 5) is 19.6. The van der Waals surface area contributed by atoms with Gasteiger partial charge in [-0.3, -0.25) is 9.36 Å². The monoisotopic (exact) mass is 340 g/mol. The molecule has 0 bridgehead atoms. The Hall–Kier alpha value is -0.850. The number of fused-ring (bicyclic) bond motifs is 1. The molecule has 2 rings (SSSR count). The third-order valence-electron chi connectivity index (χ3n) is 3.75. The molecule has 4 nitrogen and oxygen atoms in total. The van der Waals surface area contributed by atoms with Gasteiger partial charge < -0.3 is 5.11 Å². The number of thioether (sulfide) groups is 1. The molecule has 0 aromatic carbocycles. The number of unbranched alkanes of at least 4 members (excludes halogenated alkanes) is 2. The van der Waals surface area contributed by atoms with Crippen LogP contribution in [0.1, 0.15) is 49.6 Å². The largest absolute Gasteiger partial charge is 0.396 e. The van der Waals surface area contributed by atoms with Crippen LogP contribution >= 0.6 is 23.1 Å². The molecule has 0 aliphatic heterocycles. The zero-order valence-corrected chi connectivity index (χ0v) is 15.3. The minimum atomic E-state index is 0.0831. The molecule has 22 heavy (non-hydrogen) atoms. The van der Waals surface area contributed by atoms with E-state index in [4.69, 9.17) is 10.1 Å². The number of thiophene rings is 1. The van der Waals surface area contributed by atoms with Crippen LogP contribution in [-0.2, 0) is 0 Å². The lowest BCUT2D eigenvalue weighted by Crippen LogP contribution is -2.25. The fraction of sp³-hybridized carbons (Fsp3) is 0.625. The Balaban J connectivity index is 2.36. The van der Waals surface area contributed by atoms with E-state index in [1.807, 2.05) is 32.3 Å². The lowest BCUT2D eigenvalue weighted by atomic mass is 10.2. The molecule has 2 aromatic rings. The van der Waals surface area contributed by atoms with Gasteiger partial charge in [-0.15, -0.1) is 11.3 Å². The molecule has 0 unspecified atom stereocenters. The summed E-state index contributed by atoms with van der Waals surface area (Å²) in [6.07, 6.45) is 2.88. The van der Waals surface area contributed by atoms with Gasteiger partial charge in [0.05, 0.1) is 5.39 Å². The predicted octanol–water partition coefficient (Wildman–Crippen LogP) is 3.91. The summed E-state index contributed by atoms with van der Waals surface area (Å²) in [7, 11) is 0. The highest BCUT2D eigenvalue weighted by atomic mass is 32.2. The molecule has 0 atom stereocenters. The summed E-state index contributed by atoms with van der Waals surface area (Å²) in [6, 6.07) is 0.101. The topological polar surface area (TPSA) is 55.1 Å². The summed E-state index contributed by atoms with van der Waals surface area (Å²) >= 11 is 3.25. The Bertz CT molecular complexity index is 704. The second kappa shape index (κ2) is 7.62. The first kappa shape index (κ1) is 17.5. The molecule has 0 saturated heterocycles. The molecule has 122 valence electrons. The molecule has 0 amide bonds. The number of aliphatic hydroxyl groups is 1. The normalized spacial score (nSPS) is 11.7. The summed E-state index contributed by atoms with van der Waals surface area (Å²) in [5.41, 5.74) is 1.14. The average molecular weight is 341 g/mol. The second-order valence-electron chi connectivity index (χ2n) is 5.76. The van der Waals surface area contributed by atoms with Crippen molar-refractivity contribution in [1.82, 2.24) is 9.55 Å². The maximum Gasteiger partial charge on any atom is 0.263 e. The van der Waals surface area contributed by atoms with Crippen molar-refractivity contribution in [1.29, 1.82) is 0 Å². The van der Waals surface area contributed by atoms with Gasteiger partial charge in [-0.05, 0) is 46.1 Å². The molecule has 0 spiro atoms. The second-order valence-corrected chi connectivity index (χ2v) is 8.02. The van der Waals surface area contributed by atoms with Gasteiger partial charge in [0.25, 0.3) is 5.56 Å². The minimum Gasteiger partial charge on any atom is -0.396 e. The van der Waals surface area contributed by atoms with Gasteiger partial charge in [0, 0.05) is 23.3 Å². The van der Waals surface area contributed by atoms with Gasteiger partial charge in [-0.2, -0.15) is 0 Å². The van der Waals surface area contributed by atoms with Crippen molar-refractivity contribution in [3.05, 3.63) is 20.8 Å². The van der Waals surface area contributed by atoms with Crippen molar-refractivity contribution >= 4 is 33.3 Å². The summed E-state index contributed by atoms with van der Waals surface area (Å²) in [6.45, 7) is 8.35. The molecule has 0 aliphatic carbocycles. The van der Waals surface area contributed by atoms with Gasteiger partial charge >= 0.3 is 0 Å². The highest BCUT2D eigenvalue weighted by molar-refractivity contribution is 7.99. The fourth-order valence-corrected chi connectivity index (χ4v) is 4.60. The summed E-state index contributed by atoms with van der Waals surface area (Å²) < 4.78 is 1.82. The van der Waals surface area contributed by atoms with Gasteiger partial charge in [-0.1, -0.05) is 18.2 Å². The maximum absolute atomic E-state index is 12.8. The molecule has 1 N–H and O–H groups in total. The van der Waals surface area contributed by atoms with E-state index in [1.54, 1.807) is 23.1 Å². The van der Waals surface area contributed by atoms with Gasteiger partial charge in [0.2, 0.25) is 0 Å². The third-order valence-corrected chi connectivity index (χ3v) is 5.89. The molecular weight excluding hydrogens is 316 g/mol. The van der Waals surface area contributed by atoms with Crippen molar-refractivity contribution in [3.8, 4) is 0 Å². The van der Waals surface area contributed by atoms with Crippen molar-refractivity contribution < 1.29 is 5.11 Å². The molecule has 6 heteroatoms. The van der Waals surface area contributed by atoms with Crippen LogP contribution in [-0.4, -0.2) is 27.0 Å². The Morgan fingerprint density at radius 1 is 1.27 bits per heavy atom. The average Bonchev–Trinajstić information content (AvgIpc) is 2.73. The first-order valence-electron chi connectivity index (χ1n) is 7.73. The highest BCUT2D eigenvalue weighted by Gasteiger charge is 2.18. The van der Waals surface area contributed by atoms with Crippen LogP contribution in [0.4, 0.5) is 0 Å². The smallest absolute Gasteiger partial charge is 0.263 e. The Kier molecular flexibility index (Phi) is 6.06. The number of aromatic nitrogens is 2.